The van der Waals surface area contributed by atoms with Crippen LogP contribution in [0.25, 0.3) is 0 Å². The number of carbonyl (C=O) groups is 2. The van der Waals surface area contributed by atoms with Crippen molar-refractivity contribution in [2.45, 2.75) is 25.8 Å². The number of thioether (sulfide) groups is 1. The molecular weight excluding hydrogens is 288 g/mol. The van der Waals surface area contributed by atoms with Gasteiger partial charge in [-0.25, -0.2) is 9.59 Å². The number of benzene rings is 1. The predicted octanol–water partition coefficient (Wildman–Crippen LogP) is 2.12. The smallest absolute Gasteiger partial charge is 0.326 e. The van der Waals surface area contributed by atoms with Gasteiger partial charge in [0.2, 0.25) is 0 Å². The predicted molar refractivity (Wildman–Crippen MR) is 85.7 cm³/mol. The summed E-state index contributed by atoms with van der Waals surface area (Å²) in [5.41, 5.74) is 0.879. The summed E-state index contributed by atoms with van der Waals surface area (Å²) in [4.78, 5) is 22.9. The Kier molecular flexibility index (Phi) is 8.35. The topological polar surface area (TPSA) is 78.4 Å². The number of carboxylic acids is 1. The van der Waals surface area contributed by atoms with E-state index in [4.69, 9.17) is 0 Å². The maximum absolute atomic E-state index is 11.7. The molecule has 0 saturated heterocycles. The summed E-state index contributed by atoms with van der Waals surface area (Å²) < 4.78 is 0. The van der Waals surface area contributed by atoms with E-state index >= 15 is 0 Å². The Bertz CT molecular complexity index is 440. The zero-order valence-corrected chi connectivity index (χ0v) is 13.0. The van der Waals surface area contributed by atoms with E-state index in [0.29, 0.717) is 6.54 Å². The molecule has 3 N–H and O–H groups in total. The zero-order valence-electron chi connectivity index (χ0n) is 12.2. The molecule has 0 aromatic heterocycles. The van der Waals surface area contributed by atoms with Crippen LogP contribution >= 0.6 is 11.8 Å². The lowest BCUT2D eigenvalue weighted by molar-refractivity contribution is -0.139. The molecule has 0 fully saturated rings. The Morgan fingerprint density at radius 2 is 2.00 bits per heavy atom. The highest BCUT2D eigenvalue weighted by molar-refractivity contribution is 7.99. The Morgan fingerprint density at radius 1 is 1.29 bits per heavy atom. The fourth-order valence-electron chi connectivity index (χ4n) is 1.78. The second-order valence-electron chi connectivity index (χ2n) is 4.53. The van der Waals surface area contributed by atoms with Crippen molar-refractivity contribution in [3.63, 3.8) is 0 Å². The first kappa shape index (κ1) is 17.4. The molecule has 0 radical (unpaired) electrons. The van der Waals surface area contributed by atoms with Crippen molar-refractivity contribution in [2.24, 2.45) is 0 Å². The average molecular weight is 310 g/mol. The van der Waals surface area contributed by atoms with E-state index in [0.717, 1.165) is 23.5 Å². The number of amides is 2. The SMILES string of the molecule is CCSCCCNC(=O)NC(Cc1ccccc1)C(=O)O. The number of aliphatic carboxylic acids is 1. The van der Waals surface area contributed by atoms with Crippen molar-refractivity contribution in [2.75, 3.05) is 18.1 Å². The molecule has 0 saturated carbocycles. The van der Waals surface area contributed by atoms with Gasteiger partial charge in [0.05, 0.1) is 0 Å². The quantitative estimate of drug-likeness (QED) is 0.611. The van der Waals surface area contributed by atoms with Crippen molar-refractivity contribution >= 4 is 23.8 Å². The fraction of sp³-hybridized carbons (Fsp3) is 0.467. The largest absolute Gasteiger partial charge is 0.480 e. The number of hydrogen-bond donors (Lipinski definition) is 3. The van der Waals surface area contributed by atoms with Gasteiger partial charge in [0.25, 0.3) is 0 Å². The van der Waals surface area contributed by atoms with E-state index in [2.05, 4.69) is 17.6 Å². The van der Waals surface area contributed by atoms with Crippen LogP contribution in [-0.4, -0.2) is 41.2 Å². The maximum atomic E-state index is 11.7. The molecule has 0 aliphatic carbocycles. The fourth-order valence-corrected chi connectivity index (χ4v) is 2.42. The summed E-state index contributed by atoms with van der Waals surface area (Å²) in [6, 6.07) is 7.90. The van der Waals surface area contributed by atoms with Crippen molar-refractivity contribution < 1.29 is 14.7 Å². The minimum Gasteiger partial charge on any atom is -0.480 e. The highest BCUT2D eigenvalue weighted by Gasteiger charge is 2.19. The zero-order chi connectivity index (χ0) is 15.5. The summed E-state index contributed by atoms with van der Waals surface area (Å²) >= 11 is 1.81. The Hall–Kier alpha value is -1.69. The Balaban J connectivity index is 2.36. The van der Waals surface area contributed by atoms with Crippen LogP contribution in [0.2, 0.25) is 0 Å². The summed E-state index contributed by atoms with van der Waals surface area (Å²) in [5.74, 6) is 1.02. The van der Waals surface area contributed by atoms with Gasteiger partial charge >= 0.3 is 12.0 Å². The lowest BCUT2D eigenvalue weighted by atomic mass is 10.1. The van der Waals surface area contributed by atoms with E-state index in [9.17, 15) is 14.7 Å². The number of rotatable bonds is 9. The van der Waals surface area contributed by atoms with Gasteiger partial charge in [0, 0.05) is 13.0 Å². The first-order valence-electron chi connectivity index (χ1n) is 7.02. The van der Waals surface area contributed by atoms with Crippen molar-refractivity contribution in [1.29, 1.82) is 0 Å². The third-order valence-electron chi connectivity index (χ3n) is 2.84. The van der Waals surface area contributed by atoms with Gasteiger partial charge in [-0.1, -0.05) is 37.3 Å². The van der Waals surface area contributed by atoms with Crippen LogP contribution in [0.5, 0.6) is 0 Å². The summed E-state index contributed by atoms with van der Waals surface area (Å²) in [7, 11) is 0. The maximum Gasteiger partial charge on any atom is 0.326 e. The summed E-state index contributed by atoms with van der Waals surface area (Å²) in [5, 5.41) is 14.4. The molecule has 1 atom stereocenters. The van der Waals surface area contributed by atoms with Gasteiger partial charge in [-0.2, -0.15) is 11.8 Å². The molecule has 1 aromatic carbocycles. The highest BCUT2D eigenvalue weighted by Crippen LogP contribution is 2.03. The first-order chi connectivity index (χ1) is 10.1. The molecule has 5 nitrogen and oxygen atoms in total. The average Bonchev–Trinajstić information content (AvgIpc) is 2.47. The van der Waals surface area contributed by atoms with Gasteiger partial charge in [-0.05, 0) is 23.5 Å². The lowest BCUT2D eigenvalue weighted by Gasteiger charge is -2.15. The van der Waals surface area contributed by atoms with Gasteiger partial charge in [0.15, 0.2) is 0 Å². The van der Waals surface area contributed by atoms with Crippen molar-refractivity contribution in [3.8, 4) is 0 Å². The molecule has 0 aliphatic rings. The van der Waals surface area contributed by atoms with E-state index in [-0.39, 0.29) is 6.42 Å². The van der Waals surface area contributed by atoms with E-state index in [1.54, 1.807) is 0 Å². The third kappa shape index (κ3) is 7.60. The molecular formula is C15H22N2O3S. The van der Waals surface area contributed by atoms with Crippen LogP contribution in [0.15, 0.2) is 30.3 Å². The number of urea groups is 1. The van der Waals surface area contributed by atoms with Crippen LogP contribution in [0, 0.1) is 0 Å². The molecule has 1 unspecified atom stereocenters. The first-order valence-corrected chi connectivity index (χ1v) is 8.17. The second-order valence-corrected chi connectivity index (χ2v) is 5.93. The standard InChI is InChI=1S/C15H22N2O3S/c1-2-21-10-6-9-16-15(20)17-13(14(18)19)11-12-7-4-3-5-8-12/h3-5,7-8,13H,2,6,9-11H2,1H3,(H,18,19)(H2,16,17,20). The molecule has 21 heavy (non-hydrogen) atoms. The summed E-state index contributed by atoms with van der Waals surface area (Å²) in [6.07, 6.45) is 1.15. The van der Waals surface area contributed by atoms with Gasteiger partial charge < -0.3 is 15.7 Å². The molecule has 116 valence electrons. The number of carboxylic acid groups (broad SMARTS) is 1. The molecule has 0 bridgehead atoms. The minimum atomic E-state index is -1.03. The molecule has 2 amide bonds. The molecule has 6 heteroatoms. The lowest BCUT2D eigenvalue weighted by Crippen LogP contribution is -2.47. The van der Waals surface area contributed by atoms with Crippen LogP contribution in [0.3, 0.4) is 0 Å². The van der Waals surface area contributed by atoms with Crippen LogP contribution in [0.1, 0.15) is 18.9 Å². The van der Waals surface area contributed by atoms with Gasteiger partial charge in [-0.3, -0.25) is 0 Å². The van der Waals surface area contributed by atoms with Crippen LogP contribution < -0.4 is 10.6 Å². The third-order valence-corrected chi connectivity index (χ3v) is 3.83. The molecule has 0 aliphatic heterocycles. The summed E-state index contributed by atoms with van der Waals surface area (Å²) in [6.45, 7) is 2.64. The number of carbonyl (C=O) groups excluding carboxylic acids is 1. The van der Waals surface area contributed by atoms with E-state index < -0.39 is 18.0 Å². The monoisotopic (exact) mass is 310 g/mol. The van der Waals surface area contributed by atoms with Gasteiger partial charge in [0.1, 0.15) is 6.04 Å². The Morgan fingerprint density at radius 3 is 2.62 bits per heavy atom. The second kappa shape index (κ2) is 10.1. The van der Waals surface area contributed by atoms with Crippen molar-refractivity contribution in [3.05, 3.63) is 35.9 Å². The molecule has 1 aromatic rings. The van der Waals surface area contributed by atoms with E-state index in [1.807, 2.05) is 42.1 Å². The van der Waals surface area contributed by atoms with Crippen LogP contribution in [0.4, 0.5) is 4.79 Å². The van der Waals surface area contributed by atoms with Gasteiger partial charge in [-0.15, -0.1) is 0 Å². The molecule has 0 spiro atoms. The molecule has 1 rings (SSSR count). The van der Waals surface area contributed by atoms with Crippen molar-refractivity contribution in [1.82, 2.24) is 10.6 Å². The van der Waals surface area contributed by atoms with E-state index in [1.165, 1.54) is 0 Å². The normalized spacial score (nSPS) is 11.7. The minimum absolute atomic E-state index is 0.273. The van der Waals surface area contributed by atoms with Crippen LogP contribution in [-0.2, 0) is 11.2 Å². The number of hydrogen-bond acceptors (Lipinski definition) is 3. The number of nitrogens with one attached hydrogen (secondary N) is 2. The highest BCUT2D eigenvalue weighted by atomic mass is 32.2. The Labute approximate surface area is 129 Å². The molecule has 0 heterocycles.